The quantitative estimate of drug-likeness (QED) is 0.704. The third kappa shape index (κ3) is 7.26. The van der Waals surface area contributed by atoms with Crippen LogP contribution in [0.2, 0.25) is 0 Å². The predicted octanol–water partition coefficient (Wildman–Crippen LogP) is 2.02. The Morgan fingerprint density at radius 2 is 2.10 bits per heavy atom. The lowest BCUT2D eigenvalue weighted by molar-refractivity contribution is -0.124. The molecule has 2 N–H and O–H groups in total. The van der Waals surface area contributed by atoms with E-state index in [1.165, 1.54) is 0 Å². The average molecular weight is 424 g/mol. The van der Waals surface area contributed by atoms with Gasteiger partial charge in [0, 0.05) is 17.6 Å². The molecule has 0 aliphatic rings. The first-order chi connectivity index (χ1) is 9.69. The van der Waals surface area contributed by atoms with Crippen LogP contribution in [-0.2, 0) is 4.79 Å². The van der Waals surface area contributed by atoms with Crippen LogP contribution in [0, 0.1) is 0 Å². The van der Waals surface area contributed by atoms with Crippen molar-refractivity contribution in [2.24, 2.45) is 0 Å². The van der Waals surface area contributed by atoms with Gasteiger partial charge in [-0.15, -0.1) is 0 Å². The maximum absolute atomic E-state index is 11.7. The largest absolute Gasteiger partial charge is 0.483 e. The van der Waals surface area contributed by atoms with Crippen molar-refractivity contribution in [3.63, 3.8) is 0 Å². The highest BCUT2D eigenvalue weighted by atomic mass is 79.9. The molecule has 1 amide bonds. The van der Waals surface area contributed by atoms with Crippen LogP contribution in [0.15, 0.2) is 27.1 Å². The molecule has 1 atom stereocenters. The first-order valence-corrected chi connectivity index (χ1v) is 8.00. The van der Waals surface area contributed by atoms with Gasteiger partial charge >= 0.3 is 0 Å². The van der Waals surface area contributed by atoms with E-state index in [4.69, 9.17) is 4.74 Å². The Balaban J connectivity index is 2.41. The molecule has 21 heavy (non-hydrogen) atoms. The summed E-state index contributed by atoms with van der Waals surface area (Å²) in [6.07, 6.45) is 0. The van der Waals surface area contributed by atoms with Gasteiger partial charge in [-0.05, 0) is 55.1 Å². The summed E-state index contributed by atoms with van der Waals surface area (Å²) in [4.78, 5) is 13.6. The van der Waals surface area contributed by atoms with E-state index in [1.807, 2.05) is 31.1 Å². The minimum absolute atomic E-state index is 0.0989. The highest BCUT2D eigenvalue weighted by Gasteiger charge is 2.22. The fraction of sp³-hybridized carbons (Fsp3) is 0.500. The number of aliphatic hydroxyl groups is 1. The number of rotatable bonds is 7. The Morgan fingerprint density at radius 3 is 2.67 bits per heavy atom. The van der Waals surface area contributed by atoms with Gasteiger partial charge in [-0.2, -0.15) is 0 Å². The smallest absolute Gasteiger partial charge is 0.258 e. The molecule has 0 aliphatic heterocycles. The Kier molecular flexibility index (Phi) is 7.12. The van der Waals surface area contributed by atoms with Crippen LogP contribution in [0.5, 0.6) is 5.75 Å². The van der Waals surface area contributed by atoms with Crippen molar-refractivity contribution in [1.82, 2.24) is 10.2 Å². The fourth-order valence-electron chi connectivity index (χ4n) is 1.81. The third-order valence-electron chi connectivity index (χ3n) is 2.58. The van der Waals surface area contributed by atoms with Gasteiger partial charge in [-0.1, -0.05) is 15.9 Å². The molecule has 0 spiro atoms. The van der Waals surface area contributed by atoms with Crippen molar-refractivity contribution >= 4 is 37.8 Å². The number of hydrogen-bond donors (Lipinski definition) is 2. The number of ether oxygens (including phenoxy) is 1. The lowest BCUT2D eigenvalue weighted by Gasteiger charge is -2.27. The Bertz CT molecular complexity index is 493. The van der Waals surface area contributed by atoms with Gasteiger partial charge in [0.15, 0.2) is 6.61 Å². The Labute approximate surface area is 141 Å². The molecule has 0 aromatic heterocycles. The summed E-state index contributed by atoms with van der Waals surface area (Å²) in [5.74, 6) is 0.317. The van der Waals surface area contributed by atoms with E-state index in [0.29, 0.717) is 12.3 Å². The van der Waals surface area contributed by atoms with Crippen molar-refractivity contribution in [3.05, 3.63) is 27.1 Å². The number of nitrogens with zero attached hydrogens (tertiary/aromatic N) is 1. The summed E-state index contributed by atoms with van der Waals surface area (Å²) in [5.41, 5.74) is -0.975. The molecule has 118 valence electrons. The lowest BCUT2D eigenvalue weighted by Crippen LogP contribution is -2.47. The summed E-state index contributed by atoms with van der Waals surface area (Å²) in [6, 6.07) is 5.44. The highest BCUT2D eigenvalue weighted by molar-refractivity contribution is 9.11. The van der Waals surface area contributed by atoms with Gasteiger partial charge in [0.1, 0.15) is 5.75 Å². The molecular formula is C14H20Br2N2O3. The van der Waals surface area contributed by atoms with Crippen molar-refractivity contribution in [3.8, 4) is 5.75 Å². The predicted molar refractivity (Wildman–Crippen MR) is 89.5 cm³/mol. The number of hydrogen-bond acceptors (Lipinski definition) is 4. The van der Waals surface area contributed by atoms with Crippen LogP contribution < -0.4 is 10.1 Å². The molecular weight excluding hydrogens is 404 g/mol. The standard InChI is InChI=1S/C14H20Br2N2O3/c1-14(20,9-18(2)3)8-17-13(19)7-21-12-5-4-10(15)6-11(12)16/h4-6,20H,7-9H2,1-3H3,(H,17,19). The Morgan fingerprint density at radius 1 is 1.43 bits per heavy atom. The van der Waals surface area contributed by atoms with E-state index in [2.05, 4.69) is 37.2 Å². The number of amides is 1. The molecule has 1 rings (SSSR count). The zero-order chi connectivity index (χ0) is 16.0. The zero-order valence-corrected chi connectivity index (χ0v) is 15.5. The first-order valence-electron chi connectivity index (χ1n) is 6.41. The van der Waals surface area contributed by atoms with Gasteiger partial charge in [0.05, 0.1) is 10.1 Å². The number of carbonyl (C=O) groups excluding carboxylic acids is 1. The van der Waals surface area contributed by atoms with Crippen LogP contribution in [-0.4, -0.2) is 55.3 Å². The minimum atomic E-state index is -0.975. The number of halogens is 2. The SMILES string of the molecule is CN(C)CC(C)(O)CNC(=O)COc1ccc(Br)cc1Br. The maximum Gasteiger partial charge on any atom is 0.258 e. The second-order valence-electron chi connectivity index (χ2n) is 5.37. The second kappa shape index (κ2) is 8.12. The maximum atomic E-state index is 11.7. The van der Waals surface area contributed by atoms with E-state index in [9.17, 15) is 9.90 Å². The van der Waals surface area contributed by atoms with Gasteiger partial charge in [-0.3, -0.25) is 4.79 Å². The third-order valence-corrected chi connectivity index (χ3v) is 3.69. The van der Waals surface area contributed by atoms with Crippen LogP contribution in [0.25, 0.3) is 0 Å². The molecule has 1 aromatic rings. The number of likely N-dealkylation sites (N-methyl/N-ethyl adjacent to an activating group) is 1. The molecule has 1 aromatic carbocycles. The molecule has 7 heteroatoms. The monoisotopic (exact) mass is 422 g/mol. The van der Waals surface area contributed by atoms with Gasteiger partial charge < -0.3 is 20.1 Å². The molecule has 0 heterocycles. The zero-order valence-electron chi connectivity index (χ0n) is 12.3. The average Bonchev–Trinajstić information content (AvgIpc) is 2.34. The molecule has 5 nitrogen and oxygen atoms in total. The summed E-state index contributed by atoms with van der Waals surface area (Å²) in [7, 11) is 3.73. The van der Waals surface area contributed by atoms with Gasteiger partial charge in [0.2, 0.25) is 0 Å². The summed E-state index contributed by atoms with van der Waals surface area (Å²) >= 11 is 6.71. The topological polar surface area (TPSA) is 61.8 Å². The van der Waals surface area contributed by atoms with Crippen molar-refractivity contribution in [2.75, 3.05) is 33.8 Å². The van der Waals surface area contributed by atoms with E-state index in [0.717, 1.165) is 8.95 Å². The van der Waals surface area contributed by atoms with Crippen LogP contribution in [0.1, 0.15) is 6.92 Å². The summed E-state index contributed by atoms with van der Waals surface area (Å²) in [6.45, 7) is 2.22. The van der Waals surface area contributed by atoms with Crippen molar-refractivity contribution in [1.29, 1.82) is 0 Å². The minimum Gasteiger partial charge on any atom is -0.483 e. The normalized spacial score (nSPS) is 13.9. The molecule has 0 fully saturated rings. The molecule has 0 aliphatic carbocycles. The summed E-state index contributed by atoms with van der Waals surface area (Å²) in [5, 5.41) is 12.7. The molecule has 0 bridgehead atoms. The van der Waals surface area contributed by atoms with Crippen LogP contribution in [0.3, 0.4) is 0 Å². The molecule has 1 unspecified atom stereocenters. The van der Waals surface area contributed by atoms with Crippen molar-refractivity contribution in [2.45, 2.75) is 12.5 Å². The number of carbonyl (C=O) groups is 1. The van der Waals surface area contributed by atoms with Crippen molar-refractivity contribution < 1.29 is 14.6 Å². The number of nitrogens with one attached hydrogen (secondary N) is 1. The lowest BCUT2D eigenvalue weighted by atomic mass is 10.1. The van der Waals surface area contributed by atoms with Crippen LogP contribution in [0.4, 0.5) is 0 Å². The van der Waals surface area contributed by atoms with E-state index < -0.39 is 5.60 Å². The number of benzene rings is 1. The van der Waals surface area contributed by atoms with Crippen LogP contribution >= 0.6 is 31.9 Å². The second-order valence-corrected chi connectivity index (χ2v) is 7.14. The fourth-order valence-corrected chi connectivity index (χ4v) is 2.97. The van der Waals surface area contributed by atoms with E-state index in [1.54, 1.807) is 13.0 Å². The highest BCUT2D eigenvalue weighted by Crippen LogP contribution is 2.28. The molecule has 0 saturated heterocycles. The van der Waals surface area contributed by atoms with Gasteiger partial charge in [-0.25, -0.2) is 0 Å². The van der Waals surface area contributed by atoms with E-state index in [-0.39, 0.29) is 19.1 Å². The summed E-state index contributed by atoms with van der Waals surface area (Å²) < 4.78 is 7.12. The van der Waals surface area contributed by atoms with E-state index >= 15 is 0 Å². The Hall–Kier alpha value is -0.630. The van der Waals surface area contributed by atoms with Gasteiger partial charge in [0.25, 0.3) is 5.91 Å². The molecule has 0 saturated carbocycles. The first kappa shape index (κ1) is 18.4. The molecule has 0 radical (unpaired) electrons.